The number of nitrogens with one attached hydrogen (secondary N) is 2. The van der Waals surface area contributed by atoms with Crippen molar-refractivity contribution in [2.24, 2.45) is 4.99 Å². The Hall–Kier alpha value is -0.810. The highest BCUT2D eigenvalue weighted by atomic mass is 127. The molecule has 1 aromatic heterocycles. The van der Waals surface area contributed by atoms with E-state index < -0.39 is 14.6 Å². The van der Waals surface area contributed by atoms with Crippen LogP contribution in [-0.2, 0) is 9.84 Å². The SMILES string of the molecule is CN=C(NCCS(=O)(=O)C(C)(C)C)NCC(c1ccco1)N1CCCCC1.I. The molecule has 1 atom stereocenters. The minimum Gasteiger partial charge on any atom is -0.468 e. The van der Waals surface area contributed by atoms with Gasteiger partial charge in [-0.15, -0.1) is 24.0 Å². The molecule has 2 N–H and O–H groups in total. The lowest BCUT2D eigenvalue weighted by molar-refractivity contribution is 0.146. The van der Waals surface area contributed by atoms with Crippen molar-refractivity contribution in [2.45, 2.75) is 50.8 Å². The fraction of sp³-hybridized carbons (Fsp3) is 0.737. The van der Waals surface area contributed by atoms with Gasteiger partial charge in [0.2, 0.25) is 0 Å². The van der Waals surface area contributed by atoms with E-state index in [1.807, 2.05) is 12.1 Å². The molecule has 1 saturated heterocycles. The molecule has 0 aromatic carbocycles. The van der Waals surface area contributed by atoms with E-state index in [4.69, 9.17) is 4.42 Å². The van der Waals surface area contributed by atoms with E-state index in [0.717, 1.165) is 18.8 Å². The van der Waals surface area contributed by atoms with Crippen LogP contribution in [0.25, 0.3) is 0 Å². The maximum absolute atomic E-state index is 12.2. The van der Waals surface area contributed by atoms with E-state index in [0.29, 0.717) is 19.0 Å². The summed E-state index contributed by atoms with van der Waals surface area (Å²) in [6, 6.07) is 4.06. The first kappa shape index (κ1) is 25.2. The lowest BCUT2D eigenvalue weighted by atomic mass is 10.1. The van der Waals surface area contributed by atoms with Gasteiger partial charge in [0.15, 0.2) is 15.8 Å². The predicted molar refractivity (Wildman–Crippen MR) is 125 cm³/mol. The smallest absolute Gasteiger partial charge is 0.191 e. The molecule has 1 aliphatic rings. The van der Waals surface area contributed by atoms with Crippen LogP contribution in [0, 0.1) is 0 Å². The zero-order chi connectivity index (χ0) is 19.9. The van der Waals surface area contributed by atoms with Gasteiger partial charge in [-0.25, -0.2) is 8.42 Å². The number of guanidine groups is 1. The van der Waals surface area contributed by atoms with E-state index in [1.54, 1.807) is 34.1 Å². The van der Waals surface area contributed by atoms with Gasteiger partial charge in [0, 0.05) is 20.1 Å². The zero-order valence-corrected chi connectivity index (χ0v) is 20.5. The minimum atomic E-state index is -3.15. The van der Waals surface area contributed by atoms with Gasteiger partial charge in [-0.05, 0) is 58.8 Å². The van der Waals surface area contributed by atoms with Crippen molar-refractivity contribution in [3.63, 3.8) is 0 Å². The van der Waals surface area contributed by atoms with Crippen LogP contribution >= 0.6 is 24.0 Å². The zero-order valence-electron chi connectivity index (χ0n) is 17.4. The number of aliphatic imine (C=N–C) groups is 1. The summed E-state index contributed by atoms with van der Waals surface area (Å²) in [6.07, 6.45) is 5.39. The molecule has 0 radical (unpaired) electrons. The molecule has 7 nitrogen and oxygen atoms in total. The number of halogens is 1. The molecule has 0 bridgehead atoms. The summed E-state index contributed by atoms with van der Waals surface area (Å²) < 4.78 is 29.4. The lowest BCUT2D eigenvalue weighted by Crippen LogP contribution is -2.46. The average molecular weight is 526 g/mol. The van der Waals surface area contributed by atoms with Gasteiger partial charge >= 0.3 is 0 Å². The number of hydrogen-bond acceptors (Lipinski definition) is 5. The number of piperidine rings is 1. The molecule has 0 spiro atoms. The molecular weight excluding hydrogens is 491 g/mol. The first-order valence-electron chi connectivity index (χ1n) is 9.69. The van der Waals surface area contributed by atoms with Crippen LogP contribution in [0.15, 0.2) is 27.8 Å². The summed E-state index contributed by atoms with van der Waals surface area (Å²) in [4.78, 5) is 6.66. The normalized spacial score (nSPS) is 17.6. The largest absolute Gasteiger partial charge is 0.468 e. The third kappa shape index (κ3) is 7.22. The van der Waals surface area contributed by atoms with Crippen LogP contribution < -0.4 is 10.6 Å². The van der Waals surface area contributed by atoms with E-state index in [-0.39, 0.29) is 35.8 Å². The Morgan fingerprint density at radius 2 is 1.93 bits per heavy atom. The molecule has 2 rings (SSSR count). The average Bonchev–Trinajstić information content (AvgIpc) is 3.14. The molecule has 0 aliphatic carbocycles. The summed E-state index contributed by atoms with van der Waals surface area (Å²) in [5.41, 5.74) is 0. The van der Waals surface area contributed by atoms with Gasteiger partial charge in [0.1, 0.15) is 5.76 Å². The maximum Gasteiger partial charge on any atom is 0.191 e. The fourth-order valence-corrected chi connectivity index (χ4v) is 4.13. The number of furan rings is 1. The maximum atomic E-state index is 12.2. The molecule has 0 amide bonds. The van der Waals surface area contributed by atoms with Crippen molar-refractivity contribution < 1.29 is 12.8 Å². The van der Waals surface area contributed by atoms with Crippen molar-refractivity contribution in [3.05, 3.63) is 24.2 Å². The fourth-order valence-electron chi connectivity index (χ4n) is 3.14. The van der Waals surface area contributed by atoms with Crippen LogP contribution in [0.2, 0.25) is 0 Å². The molecule has 1 unspecified atom stereocenters. The Labute approximate surface area is 186 Å². The summed E-state index contributed by atoms with van der Waals surface area (Å²) in [5, 5.41) is 6.43. The Morgan fingerprint density at radius 1 is 1.25 bits per heavy atom. The van der Waals surface area contributed by atoms with Crippen molar-refractivity contribution in [3.8, 4) is 0 Å². The van der Waals surface area contributed by atoms with Gasteiger partial charge in [0.05, 0.1) is 22.8 Å². The molecule has 28 heavy (non-hydrogen) atoms. The van der Waals surface area contributed by atoms with Crippen LogP contribution in [0.3, 0.4) is 0 Å². The summed E-state index contributed by atoms with van der Waals surface area (Å²) in [6.45, 7) is 8.27. The molecule has 1 aromatic rings. The lowest BCUT2D eigenvalue weighted by Gasteiger charge is -2.33. The summed E-state index contributed by atoms with van der Waals surface area (Å²) in [5.74, 6) is 1.62. The van der Waals surface area contributed by atoms with E-state index in [1.165, 1.54) is 19.3 Å². The van der Waals surface area contributed by atoms with Crippen molar-refractivity contribution in [1.29, 1.82) is 0 Å². The van der Waals surface area contributed by atoms with Gasteiger partial charge in [0.25, 0.3) is 0 Å². The number of nitrogens with zero attached hydrogens (tertiary/aromatic N) is 2. The Balaban J connectivity index is 0.00000392. The highest BCUT2D eigenvalue weighted by Gasteiger charge is 2.28. The Bertz CT molecular complexity index is 693. The second kappa shape index (κ2) is 11.4. The first-order valence-corrected chi connectivity index (χ1v) is 11.3. The van der Waals surface area contributed by atoms with E-state index in [9.17, 15) is 8.42 Å². The molecule has 1 fully saturated rings. The topological polar surface area (TPSA) is 86.9 Å². The van der Waals surface area contributed by atoms with Crippen molar-refractivity contribution >= 4 is 39.8 Å². The Kier molecular flexibility index (Phi) is 10.3. The van der Waals surface area contributed by atoms with E-state index >= 15 is 0 Å². The minimum absolute atomic E-state index is 0. The number of likely N-dealkylation sites (tertiary alicyclic amines) is 1. The van der Waals surface area contributed by atoms with Gasteiger partial charge in [-0.2, -0.15) is 0 Å². The van der Waals surface area contributed by atoms with Gasteiger partial charge in [-0.1, -0.05) is 6.42 Å². The van der Waals surface area contributed by atoms with Crippen LogP contribution in [0.4, 0.5) is 0 Å². The third-order valence-electron chi connectivity index (χ3n) is 4.99. The highest BCUT2D eigenvalue weighted by Crippen LogP contribution is 2.24. The third-order valence-corrected chi connectivity index (χ3v) is 7.59. The molecule has 1 aliphatic heterocycles. The second-order valence-corrected chi connectivity index (χ2v) is 10.8. The Morgan fingerprint density at radius 3 is 2.46 bits per heavy atom. The van der Waals surface area contributed by atoms with Crippen molar-refractivity contribution in [2.75, 3.05) is 39.0 Å². The van der Waals surface area contributed by atoms with Crippen molar-refractivity contribution in [1.82, 2.24) is 15.5 Å². The molecule has 9 heteroatoms. The van der Waals surface area contributed by atoms with Crippen LogP contribution in [0.5, 0.6) is 0 Å². The monoisotopic (exact) mass is 526 g/mol. The molecule has 162 valence electrons. The quantitative estimate of drug-likeness (QED) is 0.323. The van der Waals surface area contributed by atoms with Gasteiger partial charge in [-0.3, -0.25) is 9.89 Å². The predicted octanol–water partition coefficient (Wildman–Crippen LogP) is 2.80. The molecule has 2 heterocycles. The summed E-state index contributed by atoms with van der Waals surface area (Å²) in [7, 11) is -1.46. The standard InChI is InChI=1S/C19H34N4O3S.HI/c1-19(2,3)27(24,25)14-10-21-18(20-4)22-15-16(17-9-8-13-26-17)23-11-6-5-7-12-23;/h8-9,13,16H,5-7,10-12,14-15H2,1-4H3,(H2,20,21,22);1H. The number of rotatable bonds is 7. The molecule has 0 saturated carbocycles. The van der Waals surface area contributed by atoms with Crippen LogP contribution in [0.1, 0.15) is 51.8 Å². The van der Waals surface area contributed by atoms with E-state index in [2.05, 4.69) is 20.5 Å². The number of sulfone groups is 1. The highest BCUT2D eigenvalue weighted by molar-refractivity contribution is 14.0. The first-order chi connectivity index (χ1) is 12.7. The summed E-state index contributed by atoms with van der Waals surface area (Å²) >= 11 is 0. The van der Waals surface area contributed by atoms with Gasteiger partial charge < -0.3 is 15.1 Å². The second-order valence-electron chi connectivity index (χ2n) is 7.94. The number of hydrogen-bond donors (Lipinski definition) is 2. The molecular formula is C19H35IN4O3S. The van der Waals surface area contributed by atoms with Crippen LogP contribution in [-0.4, -0.2) is 63.0 Å².